The number of aromatic nitrogens is 4. The third-order valence-electron chi connectivity index (χ3n) is 2.89. The van der Waals surface area contributed by atoms with Gasteiger partial charge in [-0.1, -0.05) is 0 Å². The van der Waals surface area contributed by atoms with E-state index in [1.807, 2.05) is 0 Å². The predicted octanol–water partition coefficient (Wildman–Crippen LogP) is -2.05. The van der Waals surface area contributed by atoms with E-state index in [1.165, 1.54) is 10.9 Å². The van der Waals surface area contributed by atoms with Crippen LogP contribution in [0.25, 0.3) is 11.2 Å². The molecule has 1 aliphatic heterocycles. The Morgan fingerprint density at radius 1 is 1.67 bits per heavy atom. The molecular weight excluding hydrogens is 305 g/mol. The number of hydrogen-bond donors (Lipinski definition) is 3. The maximum atomic E-state index is 11.6. The van der Waals surface area contributed by atoms with E-state index in [0.717, 1.165) is 0 Å². The Morgan fingerprint density at radius 2 is 2.43 bits per heavy atom. The Kier molecular flexibility index (Phi) is 3.30. The second-order valence-corrected chi connectivity index (χ2v) is 6.03. The monoisotopic (exact) mass is 316 g/mol. The highest BCUT2D eigenvalue weighted by atomic mass is 31.2. The van der Waals surface area contributed by atoms with Gasteiger partial charge in [0.25, 0.3) is 5.56 Å². The van der Waals surface area contributed by atoms with E-state index < -0.39 is 25.3 Å². The summed E-state index contributed by atoms with van der Waals surface area (Å²) in [6.45, 7) is 0.110. The molecule has 114 valence electrons. The van der Waals surface area contributed by atoms with Crippen LogP contribution in [0.3, 0.4) is 0 Å². The molecule has 0 amide bonds. The zero-order chi connectivity index (χ0) is 15.2. The third-order valence-corrected chi connectivity index (χ3v) is 3.70. The molecule has 3 rings (SSSR count). The number of aromatic amines is 1. The smallest absolute Gasteiger partial charge is 0.280 e. The molecule has 2 aromatic rings. The van der Waals surface area contributed by atoms with Crippen molar-refractivity contribution >= 4 is 24.7 Å². The molecule has 3 atom stereocenters. The molecular formula is C9H11N5O6P-. The molecule has 0 aliphatic carbocycles. The zero-order valence-corrected chi connectivity index (χ0v) is 11.4. The SMILES string of the molecule is Nc1nc2c(ncn2CC2COC(P(=O)([O-])O)O2)c(=O)[nH]1. The molecule has 0 spiro atoms. The van der Waals surface area contributed by atoms with Gasteiger partial charge in [0.1, 0.15) is 6.10 Å². The fourth-order valence-corrected chi connectivity index (χ4v) is 2.62. The van der Waals surface area contributed by atoms with Gasteiger partial charge in [0.05, 0.1) is 19.5 Å². The summed E-state index contributed by atoms with van der Waals surface area (Å²) in [6, 6.07) is -1.68. The Bertz CT molecular complexity index is 781. The van der Waals surface area contributed by atoms with Crippen LogP contribution in [0, 0.1) is 0 Å². The maximum Gasteiger partial charge on any atom is 0.280 e. The Morgan fingerprint density at radius 3 is 3.10 bits per heavy atom. The van der Waals surface area contributed by atoms with E-state index >= 15 is 0 Å². The zero-order valence-electron chi connectivity index (χ0n) is 10.5. The van der Waals surface area contributed by atoms with Gasteiger partial charge < -0.3 is 34.1 Å². The molecule has 1 fully saturated rings. The largest absolute Gasteiger partial charge is 0.775 e. The summed E-state index contributed by atoms with van der Waals surface area (Å²) in [6.07, 6.45) is 0.725. The second-order valence-electron chi connectivity index (χ2n) is 4.48. The van der Waals surface area contributed by atoms with Crippen LogP contribution >= 0.6 is 7.60 Å². The number of nitrogen functional groups attached to an aromatic ring is 1. The quantitative estimate of drug-likeness (QED) is 0.539. The molecule has 0 saturated carbocycles. The van der Waals surface area contributed by atoms with Gasteiger partial charge in [0.15, 0.2) is 18.8 Å². The first-order chi connectivity index (χ1) is 9.84. The van der Waals surface area contributed by atoms with Gasteiger partial charge in [0, 0.05) is 0 Å². The van der Waals surface area contributed by atoms with Crippen molar-refractivity contribution in [2.24, 2.45) is 0 Å². The fourth-order valence-electron chi connectivity index (χ4n) is 2.02. The predicted molar refractivity (Wildman–Crippen MR) is 67.0 cm³/mol. The normalized spacial score (nSPS) is 25.2. The van der Waals surface area contributed by atoms with Crippen LogP contribution in [0.15, 0.2) is 11.1 Å². The average molecular weight is 316 g/mol. The van der Waals surface area contributed by atoms with Crippen molar-refractivity contribution in [3.63, 3.8) is 0 Å². The van der Waals surface area contributed by atoms with Crippen molar-refractivity contribution in [3.8, 4) is 0 Å². The minimum Gasteiger partial charge on any atom is -0.775 e. The number of rotatable bonds is 3. The van der Waals surface area contributed by atoms with E-state index in [9.17, 15) is 14.3 Å². The lowest BCUT2D eigenvalue weighted by Crippen LogP contribution is -2.22. The van der Waals surface area contributed by atoms with E-state index in [4.69, 9.17) is 20.1 Å². The third kappa shape index (κ3) is 2.69. The number of imidazole rings is 1. The van der Waals surface area contributed by atoms with Crippen LogP contribution in [-0.4, -0.2) is 43.2 Å². The molecule has 2 aromatic heterocycles. The lowest BCUT2D eigenvalue weighted by Gasteiger charge is -2.21. The summed E-state index contributed by atoms with van der Waals surface area (Å²) >= 11 is 0. The van der Waals surface area contributed by atoms with Crippen LogP contribution in [0.1, 0.15) is 0 Å². The summed E-state index contributed by atoms with van der Waals surface area (Å²) in [5, 5.41) is 0. The molecule has 0 radical (unpaired) electrons. The number of nitrogens with zero attached hydrogens (tertiary/aromatic N) is 3. The highest BCUT2D eigenvalue weighted by Gasteiger charge is 2.33. The van der Waals surface area contributed by atoms with Crippen molar-refractivity contribution in [3.05, 3.63) is 16.7 Å². The lowest BCUT2D eigenvalue weighted by atomic mass is 10.4. The van der Waals surface area contributed by atoms with E-state index in [-0.39, 0.29) is 30.3 Å². The highest BCUT2D eigenvalue weighted by Crippen LogP contribution is 2.41. The molecule has 12 heteroatoms. The van der Waals surface area contributed by atoms with Crippen LogP contribution in [-0.2, 0) is 20.6 Å². The Balaban J connectivity index is 1.84. The number of fused-ring (bicyclic) bond motifs is 1. The number of H-pyrrole nitrogens is 1. The summed E-state index contributed by atoms with van der Waals surface area (Å²) in [5.74, 6) is -0.0601. The molecule has 21 heavy (non-hydrogen) atoms. The molecule has 1 saturated heterocycles. The van der Waals surface area contributed by atoms with Crippen molar-refractivity contribution in [1.82, 2.24) is 19.5 Å². The van der Waals surface area contributed by atoms with Gasteiger partial charge in [-0.05, 0) is 0 Å². The molecule has 0 aromatic carbocycles. The van der Waals surface area contributed by atoms with E-state index in [2.05, 4.69) is 15.0 Å². The average Bonchev–Trinajstić information content (AvgIpc) is 2.97. The van der Waals surface area contributed by atoms with Gasteiger partial charge in [0.2, 0.25) is 12.0 Å². The highest BCUT2D eigenvalue weighted by molar-refractivity contribution is 7.50. The molecule has 1 aliphatic rings. The van der Waals surface area contributed by atoms with Crippen LogP contribution < -0.4 is 16.2 Å². The summed E-state index contributed by atoms with van der Waals surface area (Å²) in [7, 11) is -4.71. The first-order valence-corrected chi connectivity index (χ1v) is 7.50. The lowest BCUT2D eigenvalue weighted by molar-refractivity contribution is -0.216. The minimum absolute atomic E-state index is 0.0319. The minimum atomic E-state index is -4.71. The molecule has 3 heterocycles. The van der Waals surface area contributed by atoms with Crippen molar-refractivity contribution in [1.29, 1.82) is 0 Å². The fraction of sp³-hybridized carbons (Fsp3) is 0.444. The molecule has 4 N–H and O–H groups in total. The van der Waals surface area contributed by atoms with Gasteiger partial charge >= 0.3 is 0 Å². The van der Waals surface area contributed by atoms with Crippen molar-refractivity contribution in [2.75, 3.05) is 12.3 Å². The van der Waals surface area contributed by atoms with E-state index in [1.54, 1.807) is 0 Å². The Hall–Kier alpha value is -1.78. The number of ether oxygens (including phenoxy) is 2. The standard InChI is InChI=1S/C9H12N5O6P/c10-8-12-6-5(7(15)13-8)11-3-14(6)1-4-2-19-9(20-4)21(16,17)18/h3-4,9H,1-2H2,(H2,16,17,18)(H3,10,12,13,15)/p-1. The van der Waals surface area contributed by atoms with Gasteiger partial charge in [-0.3, -0.25) is 9.78 Å². The van der Waals surface area contributed by atoms with Crippen LogP contribution in [0.5, 0.6) is 0 Å². The summed E-state index contributed by atoms with van der Waals surface area (Å²) in [4.78, 5) is 41.6. The first kappa shape index (κ1) is 14.2. The molecule has 3 unspecified atom stereocenters. The second kappa shape index (κ2) is 4.90. The Labute approximate surface area is 116 Å². The van der Waals surface area contributed by atoms with E-state index in [0.29, 0.717) is 0 Å². The maximum absolute atomic E-state index is 11.6. The summed E-state index contributed by atoms with van der Waals surface area (Å²) < 4.78 is 22.3. The van der Waals surface area contributed by atoms with Crippen molar-refractivity contribution in [2.45, 2.75) is 18.7 Å². The number of hydrogen-bond acceptors (Lipinski definition) is 8. The van der Waals surface area contributed by atoms with Crippen LogP contribution in [0.4, 0.5) is 5.95 Å². The molecule has 11 nitrogen and oxygen atoms in total. The number of anilines is 1. The number of nitrogens with two attached hydrogens (primary N) is 1. The topological polar surface area (TPSA) is 168 Å². The summed E-state index contributed by atoms with van der Waals surface area (Å²) in [5.41, 5.74) is 5.35. The molecule has 0 bridgehead atoms. The first-order valence-electron chi connectivity index (χ1n) is 5.86. The van der Waals surface area contributed by atoms with Gasteiger partial charge in [-0.15, -0.1) is 0 Å². The van der Waals surface area contributed by atoms with Crippen LogP contribution in [0.2, 0.25) is 0 Å². The number of nitrogens with one attached hydrogen (secondary N) is 1. The van der Waals surface area contributed by atoms with Gasteiger partial charge in [-0.2, -0.15) is 4.98 Å². The van der Waals surface area contributed by atoms with Gasteiger partial charge in [-0.25, -0.2) is 4.98 Å². The van der Waals surface area contributed by atoms with Crippen molar-refractivity contribution < 1.29 is 23.8 Å².